The first kappa shape index (κ1) is 22.0. The summed E-state index contributed by atoms with van der Waals surface area (Å²) >= 11 is 0. The van der Waals surface area contributed by atoms with Gasteiger partial charge in [0.15, 0.2) is 5.78 Å². The van der Waals surface area contributed by atoms with E-state index in [2.05, 4.69) is 0 Å². The summed E-state index contributed by atoms with van der Waals surface area (Å²) in [5.74, 6) is -2.34. The van der Waals surface area contributed by atoms with Crippen molar-refractivity contribution in [2.75, 3.05) is 4.90 Å². The molecule has 174 valence electrons. The highest BCUT2D eigenvalue weighted by Gasteiger charge is 2.64. The molecule has 0 saturated carbocycles. The van der Waals surface area contributed by atoms with Crippen LogP contribution < -0.4 is 4.90 Å². The van der Waals surface area contributed by atoms with Crippen molar-refractivity contribution in [3.8, 4) is 0 Å². The van der Waals surface area contributed by atoms with Crippen LogP contribution in [0.1, 0.15) is 43.1 Å². The van der Waals surface area contributed by atoms with Gasteiger partial charge in [0.1, 0.15) is 6.04 Å². The molecule has 3 heterocycles. The minimum atomic E-state index is -0.882. The summed E-state index contributed by atoms with van der Waals surface area (Å²) < 4.78 is 0. The van der Waals surface area contributed by atoms with Crippen LogP contribution in [-0.2, 0) is 9.59 Å². The molecule has 2 aromatic carbocycles. The van der Waals surface area contributed by atoms with Crippen LogP contribution in [0.15, 0.2) is 54.6 Å². The molecular weight excluding hydrogens is 434 g/mol. The number of hydrogen-bond donors (Lipinski definition) is 0. The van der Waals surface area contributed by atoms with Crippen LogP contribution in [0, 0.1) is 22.0 Å². The quantitative estimate of drug-likeness (QED) is 0.291. The highest BCUT2D eigenvalue weighted by atomic mass is 16.6. The molecular formula is C26H25N3O5. The molecule has 2 fully saturated rings. The van der Waals surface area contributed by atoms with E-state index in [9.17, 15) is 24.5 Å². The molecule has 8 heteroatoms. The van der Waals surface area contributed by atoms with E-state index in [1.807, 2.05) is 56.0 Å². The minimum Gasteiger partial charge on any atom is -0.352 e. The molecule has 34 heavy (non-hydrogen) atoms. The third-order valence-corrected chi connectivity index (χ3v) is 7.45. The van der Waals surface area contributed by atoms with Gasteiger partial charge in [-0.25, -0.2) is 0 Å². The Labute approximate surface area is 197 Å². The number of imide groups is 1. The van der Waals surface area contributed by atoms with E-state index in [1.54, 1.807) is 0 Å². The van der Waals surface area contributed by atoms with Crippen molar-refractivity contribution in [3.63, 3.8) is 0 Å². The number of para-hydroxylation sites is 1. The number of nitro benzene ring substituents is 1. The van der Waals surface area contributed by atoms with Gasteiger partial charge in [0.2, 0.25) is 11.8 Å². The second-order valence-electron chi connectivity index (χ2n) is 9.23. The topological polar surface area (TPSA) is 101 Å². The maximum absolute atomic E-state index is 13.9. The molecule has 5 rings (SSSR count). The lowest BCUT2D eigenvalue weighted by molar-refractivity contribution is -0.384. The van der Waals surface area contributed by atoms with Crippen LogP contribution in [0.2, 0.25) is 0 Å². The number of nitrogens with zero attached hydrogens (tertiary/aromatic N) is 3. The number of benzene rings is 2. The van der Waals surface area contributed by atoms with E-state index in [0.717, 1.165) is 16.8 Å². The van der Waals surface area contributed by atoms with Gasteiger partial charge in [0.25, 0.3) is 5.69 Å². The lowest BCUT2D eigenvalue weighted by Gasteiger charge is -2.38. The summed E-state index contributed by atoms with van der Waals surface area (Å²) in [6.07, 6.45) is 2.62. The SMILES string of the molecule is CC[C@@H](C)N1C(=O)[C@@H]2[C@H](C1=O)[C@@H](C(=O)c1ccc([N+](=O)[O-])cc1)N1c3ccccc3C(C)=C[C@H]21. The molecule has 0 N–H and O–H groups in total. The number of hydrogen-bond acceptors (Lipinski definition) is 6. The van der Waals surface area contributed by atoms with Gasteiger partial charge in [-0.15, -0.1) is 0 Å². The summed E-state index contributed by atoms with van der Waals surface area (Å²) in [5, 5.41) is 11.1. The Morgan fingerprint density at radius 3 is 2.35 bits per heavy atom. The zero-order chi connectivity index (χ0) is 24.3. The number of non-ortho nitro benzene ring substituents is 1. The van der Waals surface area contributed by atoms with Gasteiger partial charge in [-0.1, -0.05) is 31.2 Å². The first-order valence-electron chi connectivity index (χ1n) is 11.5. The maximum Gasteiger partial charge on any atom is 0.269 e. The Morgan fingerprint density at radius 2 is 1.71 bits per heavy atom. The summed E-state index contributed by atoms with van der Waals surface area (Å²) in [6, 6.07) is 11.6. The Bertz CT molecular complexity index is 1250. The summed E-state index contributed by atoms with van der Waals surface area (Å²) in [6.45, 7) is 5.75. The molecule has 0 aromatic heterocycles. The Balaban J connectivity index is 1.65. The molecule has 2 aromatic rings. The van der Waals surface area contributed by atoms with Crippen molar-refractivity contribution in [1.29, 1.82) is 0 Å². The van der Waals surface area contributed by atoms with Crippen LogP contribution in [-0.4, -0.2) is 45.5 Å². The average molecular weight is 460 g/mol. The van der Waals surface area contributed by atoms with Crippen LogP contribution in [0.3, 0.4) is 0 Å². The van der Waals surface area contributed by atoms with E-state index in [1.165, 1.54) is 29.2 Å². The van der Waals surface area contributed by atoms with Gasteiger partial charge in [0.05, 0.1) is 22.8 Å². The third kappa shape index (κ3) is 3.01. The summed E-state index contributed by atoms with van der Waals surface area (Å²) in [4.78, 5) is 54.9. The monoisotopic (exact) mass is 459 g/mol. The average Bonchev–Trinajstić information content (AvgIpc) is 3.31. The summed E-state index contributed by atoms with van der Waals surface area (Å²) in [7, 11) is 0. The van der Waals surface area contributed by atoms with Crippen molar-refractivity contribution in [3.05, 3.63) is 75.8 Å². The number of Topliss-reactive ketones (excluding diaryl/α,β-unsaturated/α-hetero) is 1. The van der Waals surface area contributed by atoms with Crippen molar-refractivity contribution in [2.24, 2.45) is 11.8 Å². The third-order valence-electron chi connectivity index (χ3n) is 7.45. The van der Waals surface area contributed by atoms with Gasteiger partial charge in [-0.05, 0) is 44.0 Å². The molecule has 0 unspecified atom stereocenters. The smallest absolute Gasteiger partial charge is 0.269 e. The first-order valence-corrected chi connectivity index (χ1v) is 11.5. The van der Waals surface area contributed by atoms with Gasteiger partial charge < -0.3 is 4.90 Å². The molecule has 2 amide bonds. The first-order chi connectivity index (χ1) is 16.3. The number of allylic oxidation sites excluding steroid dienone is 1. The molecule has 0 bridgehead atoms. The van der Waals surface area contributed by atoms with Crippen LogP contribution in [0.4, 0.5) is 11.4 Å². The largest absolute Gasteiger partial charge is 0.352 e. The van der Waals surface area contributed by atoms with Crippen LogP contribution in [0.25, 0.3) is 5.57 Å². The molecule has 0 spiro atoms. The summed E-state index contributed by atoms with van der Waals surface area (Å²) in [5.41, 5.74) is 2.94. The Hall–Kier alpha value is -3.81. The zero-order valence-electron chi connectivity index (χ0n) is 19.2. The van der Waals surface area contributed by atoms with E-state index >= 15 is 0 Å². The fraction of sp³-hybridized carbons (Fsp3) is 0.346. The number of amides is 2. The van der Waals surface area contributed by atoms with Crippen molar-refractivity contribution in [1.82, 2.24) is 4.90 Å². The van der Waals surface area contributed by atoms with Crippen LogP contribution >= 0.6 is 0 Å². The van der Waals surface area contributed by atoms with Gasteiger partial charge in [0, 0.05) is 35.0 Å². The van der Waals surface area contributed by atoms with Gasteiger partial charge in [-0.2, -0.15) is 0 Å². The lowest BCUT2D eigenvalue weighted by Crippen LogP contribution is -2.50. The zero-order valence-corrected chi connectivity index (χ0v) is 19.2. The highest BCUT2D eigenvalue weighted by molar-refractivity contribution is 6.14. The number of nitro groups is 1. The standard InChI is InChI=1S/C26H25N3O5/c1-4-15(3)27-25(31)21-20-13-14(2)18-7-5-6-8-19(18)28(20)23(22(21)26(27)32)24(30)16-9-11-17(12-10-16)29(33)34/h5-13,15,20-23H,4H2,1-3H3/t15-,20-,21+,22+,23+/m1/s1. The molecule has 5 atom stereocenters. The number of fused-ring (bicyclic) bond motifs is 5. The fourth-order valence-corrected chi connectivity index (χ4v) is 5.66. The Morgan fingerprint density at radius 1 is 1.06 bits per heavy atom. The van der Waals surface area contributed by atoms with Crippen LogP contribution in [0.5, 0.6) is 0 Å². The normalized spacial score (nSPS) is 26.0. The fourth-order valence-electron chi connectivity index (χ4n) is 5.66. The van der Waals surface area contributed by atoms with Crippen molar-refractivity contribution in [2.45, 2.75) is 45.3 Å². The van der Waals surface area contributed by atoms with E-state index < -0.39 is 28.8 Å². The number of carbonyl (C=O) groups excluding carboxylic acids is 3. The van der Waals surface area contributed by atoms with Crippen molar-refractivity contribution < 1.29 is 19.3 Å². The molecule has 2 saturated heterocycles. The van der Waals surface area contributed by atoms with Gasteiger partial charge >= 0.3 is 0 Å². The molecule has 0 aliphatic carbocycles. The van der Waals surface area contributed by atoms with E-state index in [0.29, 0.717) is 6.42 Å². The van der Waals surface area contributed by atoms with Gasteiger partial charge in [-0.3, -0.25) is 29.4 Å². The number of carbonyl (C=O) groups is 3. The predicted molar refractivity (Wildman–Crippen MR) is 126 cm³/mol. The second kappa shape index (κ2) is 7.90. The minimum absolute atomic E-state index is 0.115. The number of anilines is 1. The molecule has 3 aliphatic heterocycles. The number of likely N-dealkylation sites (tertiary alicyclic amines) is 1. The maximum atomic E-state index is 13.9. The number of ketones is 1. The van der Waals surface area contributed by atoms with Crippen molar-refractivity contribution >= 4 is 34.5 Å². The van der Waals surface area contributed by atoms with E-state index in [4.69, 9.17) is 0 Å². The lowest BCUT2D eigenvalue weighted by atomic mass is 9.85. The molecule has 0 radical (unpaired) electrons. The highest BCUT2D eigenvalue weighted by Crippen LogP contribution is 2.50. The number of rotatable bonds is 5. The molecule has 3 aliphatic rings. The van der Waals surface area contributed by atoms with E-state index in [-0.39, 0.29) is 34.9 Å². The predicted octanol–water partition coefficient (Wildman–Crippen LogP) is 3.85. The second-order valence-corrected chi connectivity index (χ2v) is 9.23. The Kier molecular flexibility index (Phi) is 5.11. The molecule has 8 nitrogen and oxygen atoms in total.